The molecule has 0 saturated carbocycles. The first kappa shape index (κ1) is 7.94. The van der Waals surface area contributed by atoms with E-state index in [1.54, 1.807) is 24.5 Å². The molecular weight excluding hydrogens is 168 g/mol. The van der Waals surface area contributed by atoms with Crippen LogP contribution in [-0.4, -0.2) is 15.2 Å². The zero-order valence-electron chi connectivity index (χ0n) is 6.84. The maximum Gasteiger partial charge on any atom is 0.168 e. The highest BCUT2D eigenvalue weighted by Gasteiger charge is 2.01. The number of rotatable bonds is 2. The average molecular weight is 176 g/mol. The number of aromatic nitrogens is 2. The molecule has 0 atom stereocenters. The van der Waals surface area contributed by atoms with Gasteiger partial charge in [0.25, 0.3) is 0 Å². The lowest BCUT2D eigenvalue weighted by molar-refractivity contribution is 0.277. The largest absolute Gasteiger partial charge is 0.390 e. The second-order valence-electron chi connectivity index (χ2n) is 2.57. The Morgan fingerprint density at radius 2 is 2.23 bits per heavy atom. The van der Waals surface area contributed by atoms with Crippen molar-refractivity contribution in [3.8, 4) is 11.3 Å². The molecule has 0 unspecified atom stereocenters. The lowest BCUT2D eigenvalue weighted by Crippen LogP contribution is -1.87. The molecule has 0 aliphatic rings. The summed E-state index contributed by atoms with van der Waals surface area (Å²) in [7, 11) is 0. The number of hydrogen-bond acceptors (Lipinski definition) is 4. The number of pyridine rings is 1. The zero-order chi connectivity index (χ0) is 9.10. The van der Waals surface area contributed by atoms with Crippen molar-refractivity contribution in [2.75, 3.05) is 0 Å². The van der Waals surface area contributed by atoms with Crippen LogP contribution in [0, 0.1) is 0 Å². The van der Waals surface area contributed by atoms with Gasteiger partial charge >= 0.3 is 0 Å². The highest BCUT2D eigenvalue weighted by molar-refractivity contribution is 5.54. The standard InChI is InChI=1S/C9H8N2O2/c12-6-8-2-1-7(5-10-8)9-3-4-11-13-9/h1-5,12H,6H2. The van der Waals surface area contributed by atoms with Gasteiger partial charge in [-0.3, -0.25) is 4.98 Å². The maximum atomic E-state index is 8.76. The van der Waals surface area contributed by atoms with Gasteiger partial charge in [0.1, 0.15) is 0 Å². The molecule has 0 aromatic carbocycles. The van der Waals surface area contributed by atoms with Gasteiger partial charge in [0.2, 0.25) is 0 Å². The van der Waals surface area contributed by atoms with Crippen LogP contribution in [0.15, 0.2) is 35.1 Å². The van der Waals surface area contributed by atoms with Gasteiger partial charge in [-0.05, 0) is 12.1 Å². The lowest BCUT2D eigenvalue weighted by atomic mass is 10.2. The monoisotopic (exact) mass is 176 g/mol. The minimum absolute atomic E-state index is 0.0450. The van der Waals surface area contributed by atoms with Crippen molar-refractivity contribution >= 4 is 0 Å². The predicted molar refractivity (Wildman–Crippen MR) is 45.7 cm³/mol. The van der Waals surface area contributed by atoms with E-state index in [4.69, 9.17) is 9.63 Å². The van der Waals surface area contributed by atoms with Crippen LogP contribution in [0.3, 0.4) is 0 Å². The van der Waals surface area contributed by atoms with E-state index < -0.39 is 0 Å². The van der Waals surface area contributed by atoms with Crippen molar-refractivity contribution < 1.29 is 9.63 Å². The maximum absolute atomic E-state index is 8.76. The Hall–Kier alpha value is -1.68. The van der Waals surface area contributed by atoms with Crippen LogP contribution in [-0.2, 0) is 6.61 Å². The van der Waals surface area contributed by atoms with E-state index in [9.17, 15) is 0 Å². The van der Waals surface area contributed by atoms with Crippen LogP contribution in [0.5, 0.6) is 0 Å². The van der Waals surface area contributed by atoms with Gasteiger partial charge in [0.15, 0.2) is 5.76 Å². The summed E-state index contributed by atoms with van der Waals surface area (Å²) in [6, 6.07) is 5.34. The summed E-state index contributed by atoms with van der Waals surface area (Å²) < 4.78 is 4.94. The zero-order valence-corrected chi connectivity index (χ0v) is 6.84. The number of nitrogens with zero attached hydrogens (tertiary/aromatic N) is 2. The van der Waals surface area contributed by atoms with E-state index in [1.807, 2.05) is 6.07 Å². The molecule has 0 aliphatic carbocycles. The number of aliphatic hydroxyl groups is 1. The van der Waals surface area contributed by atoms with E-state index >= 15 is 0 Å². The summed E-state index contributed by atoms with van der Waals surface area (Å²) in [5.41, 5.74) is 1.50. The van der Waals surface area contributed by atoms with Gasteiger partial charge in [-0.2, -0.15) is 0 Å². The first-order valence-corrected chi connectivity index (χ1v) is 3.87. The molecule has 0 fully saturated rings. The molecule has 0 aliphatic heterocycles. The molecule has 4 heteroatoms. The van der Waals surface area contributed by atoms with Crippen molar-refractivity contribution in [3.05, 3.63) is 36.3 Å². The van der Waals surface area contributed by atoms with Gasteiger partial charge in [-0.15, -0.1) is 0 Å². The third kappa shape index (κ3) is 1.57. The fourth-order valence-electron chi connectivity index (χ4n) is 1.03. The average Bonchev–Trinajstić information content (AvgIpc) is 2.71. The topological polar surface area (TPSA) is 59.2 Å². The summed E-state index contributed by atoms with van der Waals surface area (Å²) in [6.45, 7) is -0.0450. The highest BCUT2D eigenvalue weighted by atomic mass is 16.5. The van der Waals surface area contributed by atoms with Crippen LogP contribution in [0.25, 0.3) is 11.3 Å². The Labute approximate surface area is 74.8 Å². The van der Waals surface area contributed by atoms with Crippen molar-refractivity contribution in [1.29, 1.82) is 0 Å². The fourth-order valence-corrected chi connectivity index (χ4v) is 1.03. The molecule has 0 radical (unpaired) electrons. The van der Waals surface area contributed by atoms with Crippen molar-refractivity contribution in [3.63, 3.8) is 0 Å². The quantitative estimate of drug-likeness (QED) is 0.747. The van der Waals surface area contributed by atoms with Gasteiger partial charge in [0, 0.05) is 17.8 Å². The third-order valence-electron chi connectivity index (χ3n) is 1.71. The summed E-state index contributed by atoms with van der Waals surface area (Å²) in [6.07, 6.45) is 3.22. The molecule has 2 heterocycles. The molecule has 2 aromatic heterocycles. The van der Waals surface area contributed by atoms with Crippen molar-refractivity contribution in [1.82, 2.24) is 10.1 Å². The van der Waals surface area contributed by atoms with Crippen molar-refractivity contribution in [2.45, 2.75) is 6.61 Å². The molecule has 0 amide bonds. The second-order valence-corrected chi connectivity index (χ2v) is 2.57. The molecule has 13 heavy (non-hydrogen) atoms. The van der Waals surface area contributed by atoms with Crippen LogP contribution in [0.4, 0.5) is 0 Å². The van der Waals surface area contributed by atoms with E-state index in [-0.39, 0.29) is 6.61 Å². The number of aliphatic hydroxyl groups excluding tert-OH is 1. The van der Waals surface area contributed by atoms with Gasteiger partial charge < -0.3 is 9.63 Å². The molecule has 1 N–H and O–H groups in total. The summed E-state index contributed by atoms with van der Waals surface area (Å²) >= 11 is 0. The van der Waals surface area contributed by atoms with Crippen molar-refractivity contribution in [2.24, 2.45) is 0 Å². The van der Waals surface area contributed by atoms with Crippen LogP contribution in [0.1, 0.15) is 5.69 Å². The van der Waals surface area contributed by atoms with E-state index in [2.05, 4.69) is 10.1 Å². The summed E-state index contributed by atoms with van der Waals surface area (Å²) in [5, 5.41) is 12.3. The second kappa shape index (κ2) is 3.37. The van der Waals surface area contributed by atoms with Gasteiger partial charge in [-0.25, -0.2) is 0 Å². The molecule has 4 nitrogen and oxygen atoms in total. The van der Waals surface area contributed by atoms with Crippen LogP contribution >= 0.6 is 0 Å². The Morgan fingerprint density at radius 1 is 1.31 bits per heavy atom. The molecule has 2 aromatic rings. The van der Waals surface area contributed by atoms with E-state index in [0.717, 1.165) is 5.56 Å². The molecule has 0 saturated heterocycles. The van der Waals surface area contributed by atoms with Crippen LogP contribution in [0.2, 0.25) is 0 Å². The predicted octanol–water partition coefficient (Wildman–Crippen LogP) is 1.23. The highest BCUT2D eigenvalue weighted by Crippen LogP contribution is 2.16. The Balaban J connectivity index is 2.33. The van der Waals surface area contributed by atoms with E-state index in [1.165, 1.54) is 0 Å². The van der Waals surface area contributed by atoms with E-state index in [0.29, 0.717) is 11.5 Å². The van der Waals surface area contributed by atoms with Gasteiger partial charge in [0.05, 0.1) is 18.5 Å². The van der Waals surface area contributed by atoms with Crippen LogP contribution < -0.4 is 0 Å². The van der Waals surface area contributed by atoms with Gasteiger partial charge in [-0.1, -0.05) is 5.16 Å². The first-order valence-electron chi connectivity index (χ1n) is 3.87. The molecule has 2 rings (SSSR count). The minimum Gasteiger partial charge on any atom is -0.390 e. The summed E-state index contributed by atoms with van der Waals surface area (Å²) in [5.74, 6) is 0.678. The lowest BCUT2D eigenvalue weighted by Gasteiger charge is -1.96. The Bertz CT molecular complexity index is 367. The normalized spacial score (nSPS) is 10.2. The molecule has 66 valence electrons. The Kier molecular flexibility index (Phi) is 2.06. The minimum atomic E-state index is -0.0450. The molecule has 0 bridgehead atoms. The SMILES string of the molecule is OCc1ccc(-c2ccno2)cn1. The third-order valence-corrected chi connectivity index (χ3v) is 1.71. The molecule has 0 spiro atoms. The number of hydrogen-bond donors (Lipinski definition) is 1. The summed E-state index contributed by atoms with van der Waals surface area (Å²) in [4.78, 5) is 4.02. The Morgan fingerprint density at radius 3 is 2.77 bits per heavy atom. The molecular formula is C9H8N2O2. The first-order chi connectivity index (χ1) is 6.40. The fraction of sp³-hybridized carbons (Fsp3) is 0.111. The smallest absolute Gasteiger partial charge is 0.168 e.